The Bertz CT molecular complexity index is 970. The molecule has 0 saturated carbocycles. The molecule has 0 radical (unpaired) electrons. The van der Waals surface area contributed by atoms with Crippen LogP contribution in [0.2, 0.25) is 0 Å². The number of hydrogen-bond donors (Lipinski definition) is 0. The lowest BCUT2D eigenvalue weighted by Crippen LogP contribution is -2.35. The highest BCUT2D eigenvalue weighted by Gasteiger charge is 2.27. The van der Waals surface area contributed by atoms with Crippen LogP contribution in [0.15, 0.2) is 36.4 Å². The first-order chi connectivity index (χ1) is 12.4. The summed E-state index contributed by atoms with van der Waals surface area (Å²) in [5.74, 6) is -0.149. The molecule has 0 N–H and O–H groups in total. The number of likely N-dealkylation sites (N-methyl/N-ethyl adjacent to an activating group) is 1. The smallest absolute Gasteiger partial charge is 0.123 e. The minimum Gasteiger partial charge on any atom is -0.344 e. The maximum atomic E-state index is 13.5. The molecule has 1 aromatic heterocycles. The van der Waals surface area contributed by atoms with Gasteiger partial charge in [-0.2, -0.15) is 0 Å². The van der Waals surface area contributed by atoms with E-state index >= 15 is 0 Å². The summed E-state index contributed by atoms with van der Waals surface area (Å²) in [5.41, 5.74) is 8.02. The molecule has 0 saturated heterocycles. The van der Waals surface area contributed by atoms with E-state index in [2.05, 4.69) is 49.4 Å². The molecule has 0 aliphatic carbocycles. The Morgan fingerprint density at radius 3 is 2.73 bits per heavy atom. The lowest BCUT2D eigenvalue weighted by molar-refractivity contribution is 0.228. The van der Waals surface area contributed by atoms with Gasteiger partial charge in [0.15, 0.2) is 0 Å². The molecule has 1 aliphatic heterocycles. The van der Waals surface area contributed by atoms with Crippen molar-refractivity contribution in [2.24, 2.45) is 0 Å². The fourth-order valence-electron chi connectivity index (χ4n) is 4.44. The first-order valence-electron chi connectivity index (χ1n) is 9.50. The second-order valence-corrected chi connectivity index (χ2v) is 7.90. The third-order valence-corrected chi connectivity index (χ3v) is 5.89. The van der Waals surface area contributed by atoms with E-state index in [0.29, 0.717) is 6.04 Å². The highest BCUT2D eigenvalue weighted by Crippen LogP contribution is 2.35. The number of aryl methyl sites for hydroxylation is 4. The van der Waals surface area contributed by atoms with Crippen LogP contribution in [0.1, 0.15) is 34.9 Å². The summed E-state index contributed by atoms with van der Waals surface area (Å²) in [6.07, 6.45) is 1.92. The van der Waals surface area contributed by atoms with Crippen LogP contribution in [0.4, 0.5) is 4.39 Å². The van der Waals surface area contributed by atoms with Crippen LogP contribution < -0.4 is 0 Å². The van der Waals surface area contributed by atoms with Gasteiger partial charge < -0.3 is 4.57 Å². The van der Waals surface area contributed by atoms with Gasteiger partial charge in [-0.05, 0) is 74.7 Å². The molecule has 0 spiro atoms. The summed E-state index contributed by atoms with van der Waals surface area (Å²) in [6, 6.07) is 12.1. The van der Waals surface area contributed by atoms with Crippen molar-refractivity contribution in [3.05, 3.63) is 70.2 Å². The van der Waals surface area contributed by atoms with E-state index in [1.165, 1.54) is 39.4 Å². The molecule has 4 rings (SSSR count). The third kappa shape index (κ3) is 2.95. The molecule has 2 heterocycles. The van der Waals surface area contributed by atoms with Crippen molar-refractivity contribution in [3.8, 4) is 0 Å². The molecule has 1 atom stereocenters. The molecule has 0 fully saturated rings. The van der Waals surface area contributed by atoms with Gasteiger partial charge in [-0.1, -0.05) is 18.2 Å². The molecular formula is C23H27FN2. The molecule has 1 unspecified atom stereocenters. The van der Waals surface area contributed by atoms with Crippen molar-refractivity contribution in [2.75, 3.05) is 7.05 Å². The predicted octanol–water partition coefficient (Wildman–Crippen LogP) is 5.02. The number of benzene rings is 2. The summed E-state index contributed by atoms with van der Waals surface area (Å²) in [5, 5.41) is 1.42. The molecule has 3 heteroatoms. The van der Waals surface area contributed by atoms with Crippen LogP contribution in [0.5, 0.6) is 0 Å². The highest BCUT2D eigenvalue weighted by atomic mass is 19.1. The van der Waals surface area contributed by atoms with E-state index in [4.69, 9.17) is 0 Å². The molecule has 136 valence electrons. The monoisotopic (exact) mass is 350 g/mol. The maximum Gasteiger partial charge on any atom is 0.123 e. The van der Waals surface area contributed by atoms with Gasteiger partial charge in [-0.25, -0.2) is 4.39 Å². The van der Waals surface area contributed by atoms with Gasteiger partial charge >= 0.3 is 0 Å². The topological polar surface area (TPSA) is 8.17 Å². The Balaban J connectivity index is 1.81. The van der Waals surface area contributed by atoms with Crippen LogP contribution in [0.25, 0.3) is 10.9 Å². The lowest BCUT2D eigenvalue weighted by atomic mass is 9.97. The largest absolute Gasteiger partial charge is 0.344 e. The first-order valence-corrected chi connectivity index (χ1v) is 9.50. The van der Waals surface area contributed by atoms with E-state index in [9.17, 15) is 4.39 Å². The van der Waals surface area contributed by atoms with Crippen LogP contribution in [0.3, 0.4) is 0 Å². The van der Waals surface area contributed by atoms with E-state index in [0.717, 1.165) is 31.5 Å². The Morgan fingerprint density at radius 1 is 1.15 bits per heavy atom. The fraction of sp³-hybridized carbons (Fsp3) is 0.391. The molecule has 1 aliphatic rings. The second kappa shape index (κ2) is 6.55. The average Bonchev–Trinajstić information content (AvgIpc) is 2.86. The number of aromatic nitrogens is 1. The number of nitrogens with zero attached hydrogens (tertiary/aromatic N) is 2. The average molecular weight is 350 g/mol. The fourth-order valence-corrected chi connectivity index (χ4v) is 4.44. The van der Waals surface area contributed by atoms with E-state index in [1.54, 1.807) is 12.1 Å². The third-order valence-electron chi connectivity index (χ3n) is 5.89. The lowest BCUT2D eigenvalue weighted by Gasteiger charge is -2.31. The normalized spacial score (nSPS) is 17.7. The van der Waals surface area contributed by atoms with Gasteiger partial charge in [-0.15, -0.1) is 0 Å². The zero-order valence-corrected chi connectivity index (χ0v) is 16.1. The van der Waals surface area contributed by atoms with Gasteiger partial charge in [0.05, 0.1) is 0 Å². The minimum absolute atomic E-state index is 0.149. The van der Waals surface area contributed by atoms with Crippen molar-refractivity contribution in [3.63, 3.8) is 0 Å². The Labute approximate surface area is 155 Å². The number of rotatable bonds is 3. The Hall–Kier alpha value is -2.13. The summed E-state index contributed by atoms with van der Waals surface area (Å²) >= 11 is 0. The first kappa shape index (κ1) is 17.3. The van der Waals surface area contributed by atoms with Gasteiger partial charge in [0, 0.05) is 42.1 Å². The van der Waals surface area contributed by atoms with Gasteiger partial charge in [0.2, 0.25) is 0 Å². The predicted molar refractivity (Wildman–Crippen MR) is 106 cm³/mol. The summed E-state index contributed by atoms with van der Waals surface area (Å²) in [7, 11) is 2.22. The molecule has 0 amide bonds. The van der Waals surface area contributed by atoms with Crippen LogP contribution in [-0.2, 0) is 25.9 Å². The van der Waals surface area contributed by atoms with Crippen molar-refractivity contribution >= 4 is 10.9 Å². The molecule has 2 aromatic carbocycles. The van der Waals surface area contributed by atoms with Crippen molar-refractivity contribution in [2.45, 2.75) is 52.7 Å². The number of hydrogen-bond acceptors (Lipinski definition) is 1. The quantitative estimate of drug-likeness (QED) is 0.644. The summed E-state index contributed by atoms with van der Waals surface area (Å²) < 4.78 is 16.0. The molecule has 0 bridgehead atoms. The van der Waals surface area contributed by atoms with Crippen molar-refractivity contribution in [1.29, 1.82) is 0 Å². The molecular weight excluding hydrogens is 323 g/mol. The molecule has 26 heavy (non-hydrogen) atoms. The Kier molecular flexibility index (Phi) is 4.36. The molecule has 3 aromatic rings. The zero-order valence-electron chi connectivity index (χ0n) is 16.1. The Morgan fingerprint density at radius 2 is 1.96 bits per heavy atom. The van der Waals surface area contributed by atoms with E-state index in [-0.39, 0.29) is 5.82 Å². The van der Waals surface area contributed by atoms with Crippen molar-refractivity contribution < 1.29 is 4.39 Å². The van der Waals surface area contributed by atoms with Crippen LogP contribution >= 0.6 is 0 Å². The summed E-state index contributed by atoms with van der Waals surface area (Å²) in [4.78, 5) is 2.44. The van der Waals surface area contributed by atoms with E-state index in [1.807, 2.05) is 6.07 Å². The van der Waals surface area contributed by atoms with Crippen molar-refractivity contribution in [1.82, 2.24) is 9.47 Å². The van der Waals surface area contributed by atoms with Gasteiger partial charge in [0.25, 0.3) is 0 Å². The maximum absolute atomic E-state index is 13.5. The standard InChI is InChI=1S/C23H27FN2/c1-15-10-16(2)23-20-14-25(4)17(3)12-21(20)26(22(23)11-15)9-8-18-6-5-7-19(24)13-18/h5-7,10-11,13,17H,8-9,12,14H2,1-4H3. The van der Waals surface area contributed by atoms with Gasteiger partial charge in [0.1, 0.15) is 5.82 Å². The van der Waals surface area contributed by atoms with Crippen LogP contribution in [-0.4, -0.2) is 22.6 Å². The number of halogens is 1. The molecule has 2 nitrogen and oxygen atoms in total. The van der Waals surface area contributed by atoms with E-state index < -0.39 is 0 Å². The second-order valence-electron chi connectivity index (χ2n) is 7.90. The zero-order chi connectivity index (χ0) is 18.4. The highest BCUT2D eigenvalue weighted by molar-refractivity contribution is 5.89. The minimum atomic E-state index is -0.149. The number of fused-ring (bicyclic) bond motifs is 3. The SMILES string of the molecule is Cc1cc(C)c2c3c(n(CCc4cccc(F)c4)c2c1)CC(C)N(C)C3. The van der Waals surface area contributed by atoms with Gasteiger partial charge in [-0.3, -0.25) is 4.90 Å². The van der Waals surface area contributed by atoms with Crippen LogP contribution in [0, 0.1) is 19.7 Å². The summed E-state index contributed by atoms with van der Waals surface area (Å²) in [6.45, 7) is 8.60.